The standard InChI is InChI=1S/C24H24Br2F8O/c25-21(19(27)23(29,30)31,17-9-3-1-4-10-17)13-7-15-35-16-8-14-22(26,20(28)24(32,33)34)18-11-5-2-6-12-18/h1-6,9-12,19-20H,7-8,13-16H2. The van der Waals surface area contributed by atoms with Gasteiger partial charge in [-0.2, -0.15) is 26.3 Å². The lowest BCUT2D eigenvalue weighted by molar-refractivity contribution is -0.190. The van der Waals surface area contributed by atoms with Crippen molar-refractivity contribution >= 4 is 31.9 Å². The summed E-state index contributed by atoms with van der Waals surface area (Å²) in [4.78, 5) is 0. The highest BCUT2D eigenvalue weighted by Gasteiger charge is 2.55. The van der Waals surface area contributed by atoms with Crippen LogP contribution < -0.4 is 0 Å². The molecule has 2 aromatic carbocycles. The SMILES string of the molecule is FC(C(F)(F)F)C(Br)(CCCOCCCC(Br)(c1ccccc1)C(F)C(F)(F)F)c1ccccc1. The summed E-state index contributed by atoms with van der Waals surface area (Å²) in [5.41, 5.74) is 0.246. The number of benzene rings is 2. The van der Waals surface area contributed by atoms with E-state index in [1.54, 1.807) is 12.1 Å². The summed E-state index contributed by atoms with van der Waals surface area (Å²) in [6.45, 7) is -0.104. The molecule has 0 aliphatic heterocycles. The second-order valence-electron chi connectivity index (χ2n) is 8.08. The number of halogens is 10. The molecule has 0 saturated carbocycles. The van der Waals surface area contributed by atoms with E-state index in [4.69, 9.17) is 4.74 Å². The van der Waals surface area contributed by atoms with Crippen molar-refractivity contribution in [3.05, 3.63) is 71.8 Å². The van der Waals surface area contributed by atoms with Crippen LogP contribution in [0.15, 0.2) is 60.7 Å². The van der Waals surface area contributed by atoms with Gasteiger partial charge in [-0.25, -0.2) is 8.78 Å². The van der Waals surface area contributed by atoms with Gasteiger partial charge in [0, 0.05) is 13.2 Å². The Morgan fingerprint density at radius 3 is 1.20 bits per heavy atom. The highest BCUT2D eigenvalue weighted by Crippen LogP contribution is 2.48. The van der Waals surface area contributed by atoms with Gasteiger partial charge in [-0.15, -0.1) is 0 Å². The lowest BCUT2D eigenvalue weighted by Gasteiger charge is -2.33. The van der Waals surface area contributed by atoms with Gasteiger partial charge in [0.05, 0.1) is 8.65 Å². The summed E-state index contributed by atoms with van der Waals surface area (Å²) in [7, 11) is 0. The predicted molar refractivity (Wildman–Crippen MR) is 125 cm³/mol. The highest BCUT2D eigenvalue weighted by molar-refractivity contribution is 9.10. The first-order valence-electron chi connectivity index (χ1n) is 10.7. The van der Waals surface area contributed by atoms with Crippen molar-refractivity contribution in [2.75, 3.05) is 13.2 Å². The molecule has 0 heterocycles. The van der Waals surface area contributed by atoms with Gasteiger partial charge in [0.2, 0.25) is 12.3 Å². The fourth-order valence-electron chi connectivity index (χ4n) is 3.75. The summed E-state index contributed by atoms with van der Waals surface area (Å²) in [5.74, 6) is 0. The molecule has 11 heteroatoms. The molecule has 0 fully saturated rings. The molecule has 0 amide bonds. The van der Waals surface area contributed by atoms with Gasteiger partial charge in [0.15, 0.2) is 0 Å². The largest absolute Gasteiger partial charge is 0.421 e. The smallest absolute Gasteiger partial charge is 0.381 e. The minimum atomic E-state index is -5.09. The van der Waals surface area contributed by atoms with E-state index >= 15 is 0 Å². The third-order valence-electron chi connectivity index (χ3n) is 5.54. The van der Waals surface area contributed by atoms with E-state index in [0.29, 0.717) is 0 Å². The Bertz CT molecular complexity index is 820. The van der Waals surface area contributed by atoms with E-state index < -0.39 is 33.3 Å². The number of rotatable bonds is 12. The zero-order chi connectivity index (χ0) is 26.3. The van der Waals surface area contributed by atoms with Crippen molar-refractivity contribution in [3.8, 4) is 0 Å². The normalized spacial score (nSPS) is 17.9. The second-order valence-corrected chi connectivity index (χ2v) is 10.9. The molecular formula is C24H24Br2F8O. The minimum Gasteiger partial charge on any atom is -0.381 e. The highest BCUT2D eigenvalue weighted by atomic mass is 79.9. The van der Waals surface area contributed by atoms with Crippen LogP contribution in [-0.4, -0.2) is 37.9 Å². The number of alkyl halides is 10. The van der Waals surface area contributed by atoms with E-state index in [1.807, 2.05) is 0 Å². The number of hydrogen-bond acceptors (Lipinski definition) is 1. The Balaban J connectivity index is 1.94. The molecule has 2 rings (SSSR count). The van der Waals surface area contributed by atoms with Gasteiger partial charge >= 0.3 is 12.4 Å². The fraction of sp³-hybridized carbons (Fsp3) is 0.500. The van der Waals surface area contributed by atoms with Gasteiger partial charge in [-0.1, -0.05) is 92.5 Å². The average molecular weight is 640 g/mol. The van der Waals surface area contributed by atoms with Gasteiger partial charge < -0.3 is 4.74 Å². The molecule has 0 saturated heterocycles. The van der Waals surface area contributed by atoms with Crippen molar-refractivity contribution in [3.63, 3.8) is 0 Å². The van der Waals surface area contributed by atoms with E-state index in [9.17, 15) is 35.1 Å². The van der Waals surface area contributed by atoms with E-state index in [1.165, 1.54) is 48.5 Å². The molecule has 0 bridgehead atoms. The quantitative estimate of drug-likeness (QED) is 0.128. The summed E-state index contributed by atoms with van der Waals surface area (Å²) in [6.07, 6.45) is -16.9. The topological polar surface area (TPSA) is 9.23 Å². The Morgan fingerprint density at radius 2 is 0.914 bits per heavy atom. The fourth-order valence-corrected chi connectivity index (χ4v) is 5.36. The molecule has 0 aliphatic carbocycles. The molecule has 35 heavy (non-hydrogen) atoms. The van der Waals surface area contributed by atoms with Crippen LogP contribution in [0.1, 0.15) is 36.8 Å². The lowest BCUT2D eigenvalue weighted by atomic mass is 9.89. The Kier molecular flexibility index (Phi) is 10.6. The van der Waals surface area contributed by atoms with E-state index in [2.05, 4.69) is 31.9 Å². The van der Waals surface area contributed by atoms with Crippen molar-refractivity contribution in [2.45, 2.75) is 59.0 Å². The summed E-state index contributed by atoms with van der Waals surface area (Å²) in [5, 5.41) is 0. The zero-order valence-corrected chi connectivity index (χ0v) is 21.5. The summed E-state index contributed by atoms with van der Waals surface area (Å²) in [6, 6.07) is 14.8. The van der Waals surface area contributed by atoms with Crippen molar-refractivity contribution in [2.24, 2.45) is 0 Å². The molecule has 2 aromatic rings. The van der Waals surface area contributed by atoms with Gasteiger partial charge in [0.1, 0.15) is 0 Å². The molecular weight excluding hydrogens is 616 g/mol. The Morgan fingerprint density at radius 1 is 0.600 bits per heavy atom. The maximum Gasteiger partial charge on any atom is 0.421 e. The molecule has 0 aromatic heterocycles. The van der Waals surface area contributed by atoms with E-state index in [-0.39, 0.29) is 50.0 Å². The van der Waals surface area contributed by atoms with Crippen molar-refractivity contribution in [1.29, 1.82) is 0 Å². The maximum atomic E-state index is 14.4. The van der Waals surface area contributed by atoms with Crippen molar-refractivity contribution in [1.82, 2.24) is 0 Å². The van der Waals surface area contributed by atoms with Crippen molar-refractivity contribution < 1.29 is 39.9 Å². The van der Waals surface area contributed by atoms with Crippen LogP contribution in [0.2, 0.25) is 0 Å². The van der Waals surface area contributed by atoms with Crippen LogP contribution in [0.25, 0.3) is 0 Å². The van der Waals surface area contributed by atoms with Crippen LogP contribution in [0.3, 0.4) is 0 Å². The Labute approximate surface area is 215 Å². The van der Waals surface area contributed by atoms with Crippen LogP contribution >= 0.6 is 31.9 Å². The van der Waals surface area contributed by atoms with E-state index in [0.717, 1.165) is 0 Å². The van der Waals surface area contributed by atoms with Crippen LogP contribution in [0.5, 0.6) is 0 Å². The molecule has 1 nitrogen and oxygen atoms in total. The molecule has 0 aliphatic rings. The molecule has 196 valence electrons. The first kappa shape index (κ1) is 30.0. The third-order valence-corrected chi connectivity index (χ3v) is 8.06. The minimum absolute atomic E-state index is 0.0447. The summed E-state index contributed by atoms with van der Waals surface area (Å²) >= 11 is 5.92. The van der Waals surface area contributed by atoms with Gasteiger partial charge in [-0.3, -0.25) is 0 Å². The molecule has 0 spiro atoms. The first-order chi connectivity index (χ1) is 16.2. The van der Waals surface area contributed by atoms with Crippen LogP contribution in [0, 0.1) is 0 Å². The summed E-state index contributed by atoms with van der Waals surface area (Å²) < 4.78 is 109. The third kappa shape index (κ3) is 7.89. The molecule has 0 N–H and O–H groups in total. The van der Waals surface area contributed by atoms with Crippen LogP contribution in [-0.2, 0) is 13.4 Å². The van der Waals surface area contributed by atoms with Gasteiger partial charge in [0.25, 0.3) is 0 Å². The van der Waals surface area contributed by atoms with Crippen LogP contribution in [0.4, 0.5) is 35.1 Å². The Hall–Kier alpha value is -1.20. The maximum absolute atomic E-state index is 14.4. The molecule has 4 atom stereocenters. The second kappa shape index (κ2) is 12.4. The monoisotopic (exact) mass is 638 g/mol. The predicted octanol–water partition coefficient (Wildman–Crippen LogP) is 8.95. The van der Waals surface area contributed by atoms with Gasteiger partial charge in [-0.05, 0) is 36.8 Å². The zero-order valence-electron chi connectivity index (χ0n) is 18.4. The lowest BCUT2D eigenvalue weighted by Crippen LogP contribution is -2.42. The first-order valence-corrected chi connectivity index (χ1v) is 12.3. The average Bonchev–Trinajstić information content (AvgIpc) is 2.82. The number of hydrogen-bond donors (Lipinski definition) is 0. The molecule has 0 radical (unpaired) electrons. The molecule has 4 unspecified atom stereocenters. The number of ether oxygens (including phenoxy) is 1.